The van der Waals surface area contributed by atoms with Crippen molar-refractivity contribution >= 4 is 27.7 Å². The first-order valence-corrected chi connectivity index (χ1v) is 5.43. The van der Waals surface area contributed by atoms with E-state index in [1.807, 2.05) is 18.2 Å². The second-order valence-electron chi connectivity index (χ2n) is 3.18. The molecule has 6 heteroatoms. The van der Waals surface area contributed by atoms with Gasteiger partial charge in [0.05, 0.1) is 12.7 Å². The maximum Gasteiger partial charge on any atom is 0.260 e. The molecule has 0 saturated heterocycles. The van der Waals surface area contributed by atoms with Crippen LogP contribution in [-0.4, -0.2) is 25.4 Å². The van der Waals surface area contributed by atoms with Gasteiger partial charge >= 0.3 is 0 Å². The number of benzene rings is 1. The third-order valence-corrected chi connectivity index (χ3v) is 2.61. The molecule has 0 unspecified atom stereocenters. The number of carbonyl (C=O) groups excluding carboxylic acids is 1. The summed E-state index contributed by atoms with van der Waals surface area (Å²) in [6.07, 6.45) is 0. The molecule has 16 heavy (non-hydrogen) atoms. The molecule has 1 aromatic carbocycles. The zero-order valence-electron chi connectivity index (χ0n) is 8.58. The fourth-order valence-electron chi connectivity index (χ4n) is 1.37. The van der Waals surface area contributed by atoms with Crippen molar-refractivity contribution in [3.05, 3.63) is 28.2 Å². The van der Waals surface area contributed by atoms with Gasteiger partial charge in [-0.3, -0.25) is 20.6 Å². The molecule has 84 valence electrons. The molecule has 0 bridgehead atoms. The SMILES string of the molecule is COc1cc(Br)ccc1C1=NCC(=O)NN1. The average molecular weight is 284 g/mol. The summed E-state index contributed by atoms with van der Waals surface area (Å²) in [6.45, 7) is 0.127. The molecule has 2 N–H and O–H groups in total. The summed E-state index contributed by atoms with van der Waals surface area (Å²) in [4.78, 5) is 15.0. The Morgan fingerprint density at radius 1 is 1.44 bits per heavy atom. The number of nitrogens with one attached hydrogen (secondary N) is 2. The van der Waals surface area contributed by atoms with Gasteiger partial charge in [0.25, 0.3) is 5.91 Å². The van der Waals surface area contributed by atoms with Crippen molar-refractivity contribution in [2.24, 2.45) is 4.99 Å². The van der Waals surface area contributed by atoms with Crippen molar-refractivity contribution in [1.29, 1.82) is 0 Å². The Labute approximate surface area is 101 Å². The maximum atomic E-state index is 10.9. The van der Waals surface area contributed by atoms with Gasteiger partial charge < -0.3 is 4.74 Å². The van der Waals surface area contributed by atoms with Gasteiger partial charge in [-0.2, -0.15) is 0 Å². The number of carbonyl (C=O) groups is 1. The fourth-order valence-corrected chi connectivity index (χ4v) is 1.71. The summed E-state index contributed by atoms with van der Waals surface area (Å²) in [5.74, 6) is 1.14. The van der Waals surface area contributed by atoms with E-state index in [-0.39, 0.29) is 12.5 Å². The molecule has 1 aromatic rings. The lowest BCUT2D eigenvalue weighted by atomic mass is 10.2. The first-order valence-electron chi connectivity index (χ1n) is 4.64. The number of hydrogen-bond acceptors (Lipinski definition) is 4. The van der Waals surface area contributed by atoms with Crippen molar-refractivity contribution < 1.29 is 9.53 Å². The largest absolute Gasteiger partial charge is 0.496 e. The number of ether oxygens (including phenoxy) is 1. The predicted molar refractivity (Wildman–Crippen MR) is 63.4 cm³/mol. The standard InChI is InChI=1S/C10H10BrN3O2/c1-16-8-4-6(11)2-3-7(8)10-12-5-9(15)13-14-10/h2-4H,5H2,1H3,(H,12,14)(H,13,15). The second-order valence-corrected chi connectivity index (χ2v) is 4.10. The monoisotopic (exact) mass is 283 g/mol. The predicted octanol–water partition coefficient (Wildman–Crippen LogP) is 0.839. The number of amides is 1. The van der Waals surface area contributed by atoms with E-state index in [4.69, 9.17) is 4.74 Å². The maximum absolute atomic E-state index is 10.9. The molecule has 5 nitrogen and oxygen atoms in total. The van der Waals surface area contributed by atoms with E-state index in [1.165, 1.54) is 0 Å². The lowest BCUT2D eigenvalue weighted by molar-refractivity contribution is -0.120. The second kappa shape index (κ2) is 4.52. The smallest absolute Gasteiger partial charge is 0.260 e. The molecule has 1 heterocycles. The summed E-state index contributed by atoms with van der Waals surface area (Å²) in [5.41, 5.74) is 6.05. The van der Waals surface area contributed by atoms with Crippen molar-refractivity contribution in [1.82, 2.24) is 10.9 Å². The summed E-state index contributed by atoms with van der Waals surface area (Å²) in [5, 5.41) is 0. The Hall–Kier alpha value is -1.56. The number of aliphatic imine (C=N–C) groups is 1. The Bertz CT molecular complexity index is 459. The van der Waals surface area contributed by atoms with Crippen LogP contribution in [0, 0.1) is 0 Å². The summed E-state index contributed by atoms with van der Waals surface area (Å²) in [6, 6.07) is 5.60. The number of rotatable bonds is 2. The highest BCUT2D eigenvalue weighted by atomic mass is 79.9. The molecule has 0 radical (unpaired) electrons. The minimum atomic E-state index is -0.153. The normalized spacial score (nSPS) is 14.9. The van der Waals surface area contributed by atoms with Gasteiger partial charge in [-0.05, 0) is 18.2 Å². The van der Waals surface area contributed by atoms with E-state index in [0.29, 0.717) is 11.6 Å². The Balaban J connectivity index is 2.36. The van der Waals surface area contributed by atoms with Gasteiger partial charge in [-0.1, -0.05) is 15.9 Å². The molecule has 0 aromatic heterocycles. The fraction of sp³-hybridized carbons (Fsp3) is 0.200. The number of amidine groups is 1. The van der Waals surface area contributed by atoms with Crippen LogP contribution in [0.3, 0.4) is 0 Å². The van der Waals surface area contributed by atoms with Crippen LogP contribution in [0.25, 0.3) is 0 Å². The van der Waals surface area contributed by atoms with Gasteiger partial charge in [0, 0.05) is 4.47 Å². The van der Waals surface area contributed by atoms with Gasteiger partial charge in [-0.15, -0.1) is 0 Å². The van der Waals surface area contributed by atoms with Crippen molar-refractivity contribution in [2.75, 3.05) is 13.7 Å². The number of hydrazine groups is 1. The van der Waals surface area contributed by atoms with E-state index in [1.54, 1.807) is 7.11 Å². The minimum Gasteiger partial charge on any atom is -0.496 e. The summed E-state index contributed by atoms with van der Waals surface area (Å²) in [7, 11) is 1.59. The Morgan fingerprint density at radius 2 is 2.25 bits per heavy atom. The van der Waals surface area contributed by atoms with Crippen LogP contribution >= 0.6 is 15.9 Å². The van der Waals surface area contributed by atoms with Gasteiger partial charge in [0.2, 0.25) is 0 Å². The van der Waals surface area contributed by atoms with Gasteiger partial charge in [0.1, 0.15) is 12.3 Å². The Kier molecular flexibility index (Phi) is 3.09. The van der Waals surface area contributed by atoms with Gasteiger partial charge in [-0.25, -0.2) is 0 Å². The van der Waals surface area contributed by atoms with E-state index in [9.17, 15) is 4.79 Å². The van der Waals surface area contributed by atoms with Crippen molar-refractivity contribution in [3.8, 4) is 5.75 Å². The lowest BCUT2D eigenvalue weighted by Crippen LogP contribution is -2.47. The number of nitrogens with zero attached hydrogens (tertiary/aromatic N) is 1. The first kappa shape index (κ1) is 10.9. The minimum absolute atomic E-state index is 0.127. The van der Waals surface area contributed by atoms with Crippen molar-refractivity contribution in [2.45, 2.75) is 0 Å². The third-order valence-electron chi connectivity index (χ3n) is 2.12. The van der Waals surface area contributed by atoms with Crippen LogP contribution in [0.2, 0.25) is 0 Å². The molecule has 0 fully saturated rings. The number of hydrogen-bond donors (Lipinski definition) is 2. The lowest BCUT2D eigenvalue weighted by Gasteiger charge is -2.17. The molecule has 0 spiro atoms. The zero-order valence-corrected chi connectivity index (χ0v) is 10.2. The zero-order chi connectivity index (χ0) is 11.5. The first-order chi connectivity index (χ1) is 7.70. The van der Waals surface area contributed by atoms with Crippen molar-refractivity contribution in [3.63, 3.8) is 0 Å². The molecule has 0 atom stereocenters. The summed E-state index contributed by atoms with van der Waals surface area (Å²) >= 11 is 3.36. The highest BCUT2D eigenvalue weighted by Gasteiger charge is 2.15. The quantitative estimate of drug-likeness (QED) is 0.846. The molecule has 0 saturated carbocycles. The van der Waals surface area contributed by atoms with Crippen LogP contribution in [0.15, 0.2) is 27.7 Å². The number of halogens is 1. The number of methoxy groups -OCH3 is 1. The topological polar surface area (TPSA) is 62.7 Å². The van der Waals surface area contributed by atoms with Crippen LogP contribution in [0.1, 0.15) is 5.56 Å². The van der Waals surface area contributed by atoms with Gasteiger partial charge in [0.15, 0.2) is 5.84 Å². The average Bonchev–Trinajstić information content (AvgIpc) is 2.30. The van der Waals surface area contributed by atoms with E-state index >= 15 is 0 Å². The van der Waals surface area contributed by atoms with Crippen LogP contribution < -0.4 is 15.6 Å². The summed E-state index contributed by atoms with van der Waals surface area (Å²) < 4.78 is 6.17. The molecule has 1 aliphatic heterocycles. The molecular formula is C10H10BrN3O2. The molecule has 1 aliphatic rings. The molecule has 2 rings (SSSR count). The van der Waals surface area contributed by atoms with E-state index < -0.39 is 0 Å². The van der Waals surface area contributed by atoms with Crippen LogP contribution in [0.5, 0.6) is 5.75 Å². The third kappa shape index (κ3) is 2.16. The van der Waals surface area contributed by atoms with Crippen LogP contribution in [0.4, 0.5) is 0 Å². The van der Waals surface area contributed by atoms with E-state index in [0.717, 1.165) is 10.0 Å². The highest BCUT2D eigenvalue weighted by molar-refractivity contribution is 9.10. The van der Waals surface area contributed by atoms with Crippen LogP contribution in [-0.2, 0) is 4.79 Å². The molecular weight excluding hydrogens is 274 g/mol. The molecule has 0 aliphatic carbocycles. The highest BCUT2D eigenvalue weighted by Crippen LogP contribution is 2.23. The Morgan fingerprint density at radius 3 is 2.88 bits per heavy atom. The van der Waals surface area contributed by atoms with E-state index in [2.05, 4.69) is 31.8 Å². The molecule has 1 amide bonds.